The van der Waals surface area contributed by atoms with E-state index in [2.05, 4.69) is 37.9 Å². The van der Waals surface area contributed by atoms with E-state index in [0.29, 0.717) is 25.2 Å². The molecule has 0 aromatic heterocycles. The molecule has 0 unspecified atom stereocenters. The number of benzene rings is 1. The highest BCUT2D eigenvalue weighted by atomic mass is 19.1. The molecule has 0 spiro atoms. The number of ether oxygens (including phenoxy) is 1. The number of halogens is 1. The van der Waals surface area contributed by atoms with E-state index in [1.165, 1.54) is 6.07 Å². The van der Waals surface area contributed by atoms with Gasteiger partial charge in [0.15, 0.2) is 0 Å². The summed E-state index contributed by atoms with van der Waals surface area (Å²) in [6, 6.07) is 5.90. The molecule has 3 nitrogen and oxygen atoms in total. The summed E-state index contributed by atoms with van der Waals surface area (Å²) in [5.74, 6) is -0.154. The maximum atomic E-state index is 14.1. The fourth-order valence-electron chi connectivity index (χ4n) is 2.14. The van der Waals surface area contributed by atoms with Gasteiger partial charge in [0.25, 0.3) is 0 Å². The first-order chi connectivity index (χ1) is 9.47. The molecule has 0 aliphatic rings. The Hall–Kier alpha value is -1.13. The Morgan fingerprint density at radius 3 is 2.50 bits per heavy atom. The van der Waals surface area contributed by atoms with Gasteiger partial charge < -0.3 is 15.0 Å². The van der Waals surface area contributed by atoms with E-state index in [9.17, 15) is 4.39 Å². The first-order valence-corrected chi connectivity index (χ1v) is 7.23. The standard InChI is InChI=1S/C16H27FN2O/c1-12(2)18-11-14-15(17)7-6-8-16(14)19(13(3)4)9-10-20-5/h6-8,12-13,18H,9-11H2,1-5H3. The minimum Gasteiger partial charge on any atom is -0.383 e. The summed E-state index contributed by atoms with van der Waals surface area (Å²) in [6.45, 7) is 10.3. The van der Waals surface area contributed by atoms with Crippen molar-refractivity contribution in [2.45, 2.75) is 46.3 Å². The second-order valence-corrected chi connectivity index (χ2v) is 5.55. The van der Waals surface area contributed by atoms with Crippen LogP contribution in [0.25, 0.3) is 0 Å². The molecule has 1 aromatic rings. The fraction of sp³-hybridized carbons (Fsp3) is 0.625. The Bertz CT molecular complexity index is 407. The smallest absolute Gasteiger partial charge is 0.129 e. The van der Waals surface area contributed by atoms with Gasteiger partial charge in [-0.05, 0) is 26.0 Å². The predicted molar refractivity (Wildman–Crippen MR) is 82.7 cm³/mol. The zero-order valence-corrected chi connectivity index (χ0v) is 13.2. The number of nitrogens with zero attached hydrogens (tertiary/aromatic N) is 1. The van der Waals surface area contributed by atoms with Gasteiger partial charge in [0.1, 0.15) is 5.82 Å². The van der Waals surface area contributed by atoms with Crippen LogP contribution in [-0.4, -0.2) is 32.3 Å². The van der Waals surface area contributed by atoms with Crippen molar-refractivity contribution in [3.8, 4) is 0 Å². The molecule has 114 valence electrons. The molecule has 0 bridgehead atoms. The Morgan fingerprint density at radius 2 is 1.95 bits per heavy atom. The van der Waals surface area contributed by atoms with Gasteiger partial charge in [-0.25, -0.2) is 4.39 Å². The van der Waals surface area contributed by atoms with Crippen molar-refractivity contribution < 1.29 is 9.13 Å². The van der Waals surface area contributed by atoms with Crippen LogP contribution in [0, 0.1) is 5.82 Å². The summed E-state index contributed by atoms with van der Waals surface area (Å²) in [5, 5.41) is 3.29. The first kappa shape index (κ1) is 16.9. The number of hydrogen-bond donors (Lipinski definition) is 1. The van der Waals surface area contributed by atoms with E-state index in [4.69, 9.17) is 4.74 Å². The van der Waals surface area contributed by atoms with Crippen LogP contribution in [0.15, 0.2) is 18.2 Å². The van der Waals surface area contributed by atoms with Gasteiger partial charge in [-0.2, -0.15) is 0 Å². The zero-order valence-electron chi connectivity index (χ0n) is 13.2. The van der Waals surface area contributed by atoms with Crippen LogP contribution in [0.5, 0.6) is 0 Å². The lowest BCUT2D eigenvalue weighted by molar-refractivity contribution is 0.203. The van der Waals surface area contributed by atoms with Crippen molar-refractivity contribution in [1.82, 2.24) is 5.32 Å². The summed E-state index contributed by atoms with van der Waals surface area (Å²) in [6.07, 6.45) is 0. The molecular weight excluding hydrogens is 255 g/mol. The number of hydrogen-bond acceptors (Lipinski definition) is 3. The van der Waals surface area contributed by atoms with E-state index in [-0.39, 0.29) is 5.82 Å². The van der Waals surface area contributed by atoms with Gasteiger partial charge in [0, 0.05) is 43.5 Å². The lowest BCUT2D eigenvalue weighted by Gasteiger charge is -2.31. The number of methoxy groups -OCH3 is 1. The van der Waals surface area contributed by atoms with Gasteiger partial charge in [0.05, 0.1) is 6.61 Å². The lowest BCUT2D eigenvalue weighted by Crippen LogP contribution is -2.35. The molecule has 1 N–H and O–H groups in total. The van der Waals surface area contributed by atoms with Crippen molar-refractivity contribution in [2.24, 2.45) is 0 Å². The summed E-state index contributed by atoms with van der Waals surface area (Å²) in [7, 11) is 1.69. The molecule has 20 heavy (non-hydrogen) atoms. The van der Waals surface area contributed by atoms with Crippen molar-refractivity contribution in [3.05, 3.63) is 29.6 Å². The predicted octanol–water partition coefficient (Wildman–Crippen LogP) is 3.18. The van der Waals surface area contributed by atoms with E-state index in [1.807, 2.05) is 6.07 Å². The van der Waals surface area contributed by atoms with Gasteiger partial charge >= 0.3 is 0 Å². The van der Waals surface area contributed by atoms with Crippen molar-refractivity contribution >= 4 is 5.69 Å². The molecule has 0 atom stereocenters. The van der Waals surface area contributed by atoms with Crippen LogP contribution in [0.4, 0.5) is 10.1 Å². The highest BCUT2D eigenvalue weighted by molar-refractivity contribution is 5.55. The monoisotopic (exact) mass is 282 g/mol. The van der Waals surface area contributed by atoms with Crippen LogP contribution >= 0.6 is 0 Å². The SMILES string of the molecule is COCCN(c1cccc(F)c1CNC(C)C)C(C)C. The van der Waals surface area contributed by atoms with Gasteiger partial charge in [-0.3, -0.25) is 0 Å². The normalized spacial score (nSPS) is 11.4. The quantitative estimate of drug-likeness (QED) is 0.792. The van der Waals surface area contributed by atoms with Crippen LogP contribution in [0.1, 0.15) is 33.3 Å². The maximum absolute atomic E-state index is 14.1. The van der Waals surface area contributed by atoms with Crippen molar-refractivity contribution in [1.29, 1.82) is 0 Å². The maximum Gasteiger partial charge on any atom is 0.129 e. The number of anilines is 1. The van der Waals surface area contributed by atoms with E-state index in [0.717, 1.165) is 17.8 Å². The van der Waals surface area contributed by atoms with Crippen molar-refractivity contribution in [2.75, 3.05) is 25.2 Å². The van der Waals surface area contributed by atoms with Crippen LogP contribution in [0.2, 0.25) is 0 Å². The molecule has 0 radical (unpaired) electrons. The third-order valence-electron chi connectivity index (χ3n) is 3.25. The van der Waals surface area contributed by atoms with Crippen molar-refractivity contribution in [3.63, 3.8) is 0 Å². The summed E-state index contributed by atoms with van der Waals surface area (Å²) in [4.78, 5) is 2.18. The number of rotatable bonds is 8. The molecule has 0 saturated carbocycles. The molecule has 0 aliphatic carbocycles. The second-order valence-electron chi connectivity index (χ2n) is 5.55. The minimum absolute atomic E-state index is 0.154. The first-order valence-electron chi connectivity index (χ1n) is 7.23. The molecule has 1 rings (SSSR count). The Morgan fingerprint density at radius 1 is 1.25 bits per heavy atom. The van der Waals surface area contributed by atoms with E-state index in [1.54, 1.807) is 13.2 Å². The van der Waals surface area contributed by atoms with Crippen LogP contribution < -0.4 is 10.2 Å². The molecule has 1 aromatic carbocycles. The third kappa shape index (κ3) is 4.76. The fourth-order valence-corrected chi connectivity index (χ4v) is 2.14. The highest BCUT2D eigenvalue weighted by Crippen LogP contribution is 2.25. The minimum atomic E-state index is -0.154. The Kier molecular flexibility index (Phi) is 6.96. The Balaban J connectivity index is 3.03. The zero-order chi connectivity index (χ0) is 15.1. The molecule has 0 amide bonds. The average molecular weight is 282 g/mol. The molecule has 0 fully saturated rings. The van der Waals surface area contributed by atoms with Gasteiger partial charge in [-0.1, -0.05) is 19.9 Å². The molecule has 0 heterocycles. The summed E-state index contributed by atoms with van der Waals surface area (Å²) >= 11 is 0. The van der Waals surface area contributed by atoms with E-state index >= 15 is 0 Å². The molecule has 0 saturated heterocycles. The third-order valence-corrected chi connectivity index (χ3v) is 3.25. The lowest BCUT2D eigenvalue weighted by atomic mass is 10.1. The van der Waals surface area contributed by atoms with Crippen LogP contribution in [0.3, 0.4) is 0 Å². The largest absolute Gasteiger partial charge is 0.383 e. The average Bonchev–Trinajstić information content (AvgIpc) is 2.37. The number of nitrogens with one attached hydrogen (secondary N) is 1. The van der Waals surface area contributed by atoms with Gasteiger partial charge in [-0.15, -0.1) is 0 Å². The topological polar surface area (TPSA) is 24.5 Å². The van der Waals surface area contributed by atoms with E-state index < -0.39 is 0 Å². The Labute approximate surface area is 122 Å². The molecular formula is C16H27FN2O. The molecule has 0 aliphatic heterocycles. The second kappa shape index (κ2) is 8.22. The molecule has 4 heteroatoms. The highest BCUT2D eigenvalue weighted by Gasteiger charge is 2.17. The summed E-state index contributed by atoms with van der Waals surface area (Å²) in [5.41, 5.74) is 1.68. The van der Waals surface area contributed by atoms with Crippen LogP contribution in [-0.2, 0) is 11.3 Å². The summed E-state index contributed by atoms with van der Waals surface area (Å²) < 4.78 is 19.3. The van der Waals surface area contributed by atoms with Gasteiger partial charge in [0.2, 0.25) is 0 Å².